The Labute approximate surface area is 318 Å². The van der Waals surface area contributed by atoms with E-state index < -0.39 is 36.1 Å². The van der Waals surface area contributed by atoms with Crippen molar-refractivity contribution in [2.75, 3.05) is 6.61 Å². The van der Waals surface area contributed by atoms with E-state index in [9.17, 15) is 9.90 Å². The summed E-state index contributed by atoms with van der Waals surface area (Å²) in [5, 5.41) is 13.3. The molecule has 1 fully saturated rings. The Morgan fingerprint density at radius 2 is 0.778 bits per heavy atom. The van der Waals surface area contributed by atoms with E-state index in [1.165, 1.54) is 6.92 Å². The number of carbonyl (C=O) groups excluding carboxylic acids is 1. The number of aliphatic hydroxyl groups is 1. The van der Waals surface area contributed by atoms with E-state index in [1.54, 1.807) is 0 Å². The molecule has 4 unspecified atom stereocenters. The zero-order valence-corrected chi connectivity index (χ0v) is 30.8. The molecule has 1 aliphatic carbocycles. The zero-order chi connectivity index (χ0) is 37.4. The van der Waals surface area contributed by atoms with Crippen LogP contribution in [-0.4, -0.2) is 53.8 Å². The van der Waals surface area contributed by atoms with Crippen LogP contribution in [-0.2, 0) is 66.3 Å². The van der Waals surface area contributed by atoms with Gasteiger partial charge in [0.1, 0.15) is 36.1 Å². The summed E-state index contributed by atoms with van der Waals surface area (Å²) in [6, 6.07) is 49.5. The molecule has 1 aliphatic rings. The molecular weight excluding hydrogens is 680 g/mol. The lowest BCUT2D eigenvalue weighted by molar-refractivity contribution is -0.318. The second kappa shape index (κ2) is 20.1. The van der Waals surface area contributed by atoms with Crippen molar-refractivity contribution in [3.05, 3.63) is 179 Å². The number of hydrogen-bond donors (Lipinski definition) is 1. The third-order valence-electron chi connectivity index (χ3n) is 9.66. The van der Waals surface area contributed by atoms with Gasteiger partial charge in [-0.05, 0) is 40.7 Å². The molecule has 4 atom stereocenters. The van der Waals surface area contributed by atoms with Gasteiger partial charge in [-0.1, -0.05) is 152 Å². The molecule has 1 N–H and O–H groups in total. The Balaban J connectivity index is 1.44. The second-order valence-electron chi connectivity index (χ2n) is 13.7. The Kier molecular flexibility index (Phi) is 14.6. The molecule has 5 aromatic carbocycles. The van der Waals surface area contributed by atoms with Crippen LogP contribution < -0.4 is 0 Å². The van der Waals surface area contributed by atoms with Crippen LogP contribution in [0, 0.1) is 0 Å². The maximum absolute atomic E-state index is 13.3. The molecule has 1 saturated carbocycles. The summed E-state index contributed by atoms with van der Waals surface area (Å²) in [5.74, 6) is -0.387. The van der Waals surface area contributed by atoms with Crippen LogP contribution in [0.1, 0.15) is 47.6 Å². The number of rotatable bonds is 19. The first kappa shape index (κ1) is 39.0. The second-order valence-corrected chi connectivity index (χ2v) is 13.7. The van der Waals surface area contributed by atoms with Crippen molar-refractivity contribution >= 4 is 5.97 Å². The Bertz CT molecular complexity index is 1690. The van der Waals surface area contributed by atoms with Crippen molar-refractivity contribution in [3.8, 4) is 0 Å². The van der Waals surface area contributed by atoms with E-state index in [1.807, 2.05) is 152 Å². The van der Waals surface area contributed by atoms with Gasteiger partial charge in [-0.25, -0.2) is 0 Å². The standard InChI is InChI=1S/C46H50O8/c1-35(47)49-29-17-28-46(48)44(53-33-39-24-13-5-14-25-39)42(51-31-37-20-9-3-10-21-37)41(50-30-36-18-7-2-8-19-36)43(52-32-38-22-11-4-12-23-38)45(46)54-34-40-26-15-6-16-27-40/h2-16,18-27,41-45,48H,17,28-34H2,1H3. The molecular formula is C46H50O8. The van der Waals surface area contributed by atoms with E-state index in [0.29, 0.717) is 6.42 Å². The predicted octanol–water partition coefficient (Wildman–Crippen LogP) is 8.00. The maximum atomic E-state index is 13.3. The highest BCUT2D eigenvalue weighted by Gasteiger charge is 2.62. The van der Waals surface area contributed by atoms with Crippen molar-refractivity contribution < 1.29 is 38.3 Å². The van der Waals surface area contributed by atoms with Crippen molar-refractivity contribution in [1.29, 1.82) is 0 Å². The lowest BCUT2D eigenvalue weighted by Crippen LogP contribution is -2.73. The van der Waals surface area contributed by atoms with Crippen LogP contribution in [0.5, 0.6) is 0 Å². The van der Waals surface area contributed by atoms with Crippen molar-refractivity contribution in [1.82, 2.24) is 0 Å². The average molecular weight is 731 g/mol. The quantitative estimate of drug-likeness (QED) is 0.0676. The normalized spacial score (nSPS) is 22.4. The first-order valence-corrected chi connectivity index (χ1v) is 18.6. The minimum Gasteiger partial charge on any atom is -0.466 e. The molecule has 0 heterocycles. The number of hydrogen-bond acceptors (Lipinski definition) is 8. The van der Waals surface area contributed by atoms with Gasteiger partial charge < -0.3 is 33.5 Å². The van der Waals surface area contributed by atoms with Crippen LogP contribution in [0.2, 0.25) is 0 Å². The number of esters is 1. The Morgan fingerprint density at radius 1 is 0.481 bits per heavy atom. The number of benzene rings is 5. The SMILES string of the molecule is CC(=O)OCCCC1(O)C(OCc2ccccc2)C(OCc2ccccc2)C(OCc2ccccc2)C(OCc2ccccc2)C1OCc1ccccc1. The molecule has 8 nitrogen and oxygen atoms in total. The molecule has 0 radical (unpaired) electrons. The largest absolute Gasteiger partial charge is 0.466 e. The van der Waals surface area contributed by atoms with E-state index in [-0.39, 0.29) is 52.0 Å². The summed E-state index contributed by atoms with van der Waals surface area (Å²) in [4.78, 5) is 11.8. The summed E-state index contributed by atoms with van der Waals surface area (Å²) in [5.41, 5.74) is 3.10. The van der Waals surface area contributed by atoms with Gasteiger partial charge in [0.15, 0.2) is 0 Å². The highest BCUT2D eigenvalue weighted by atomic mass is 16.6. The summed E-state index contributed by atoms with van der Waals surface area (Å²) < 4.78 is 39.7. The summed E-state index contributed by atoms with van der Waals surface area (Å²) >= 11 is 0. The number of ether oxygens (including phenoxy) is 6. The van der Waals surface area contributed by atoms with Gasteiger partial charge in [0.25, 0.3) is 0 Å². The highest BCUT2D eigenvalue weighted by Crippen LogP contribution is 2.43. The first-order chi connectivity index (χ1) is 26.5. The molecule has 282 valence electrons. The van der Waals surface area contributed by atoms with Gasteiger partial charge in [-0.2, -0.15) is 0 Å². The van der Waals surface area contributed by atoms with Crippen LogP contribution in [0.4, 0.5) is 0 Å². The van der Waals surface area contributed by atoms with Gasteiger partial charge in [-0.3, -0.25) is 4.79 Å². The predicted molar refractivity (Wildman–Crippen MR) is 206 cm³/mol. The molecule has 0 bridgehead atoms. The van der Waals surface area contributed by atoms with Gasteiger partial charge in [0.2, 0.25) is 0 Å². The molecule has 0 amide bonds. The maximum Gasteiger partial charge on any atom is 0.302 e. The van der Waals surface area contributed by atoms with Gasteiger partial charge in [0.05, 0.1) is 39.6 Å². The van der Waals surface area contributed by atoms with E-state index in [4.69, 9.17) is 28.4 Å². The topological polar surface area (TPSA) is 92.7 Å². The fourth-order valence-corrected chi connectivity index (χ4v) is 6.97. The lowest BCUT2D eigenvalue weighted by Gasteiger charge is -2.54. The summed E-state index contributed by atoms with van der Waals surface area (Å²) in [6.07, 6.45) is -3.75. The third kappa shape index (κ3) is 10.9. The van der Waals surface area contributed by atoms with E-state index in [0.717, 1.165) is 27.8 Å². The molecule has 5 aromatic rings. The average Bonchev–Trinajstić information content (AvgIpc) is 3.21. The summed E-state index contributed by atoms with van der Waals surface area (Å²) in [6.45, 7) is 2.66. The smallest absolute Gasteiger partial charge is 0.302 e. The molecule has 54 heavy (non-hydrogen) atoms. The minimum atomic E-state index is -1.68. The first-order valence-electron chi connectivity index (χ1n) is 18.6. The molecule has 0 aromatic heterocycles. The van der Waals surface area contributed by atoms with Gasteiger partial charge in [0, 0.05) is 6.92 Å². The lowest BCUT2D eigenvalue weighted by atomic mass is 9.71. The van der Waals surface area contributed by atoms with Gasteiger partial charge in [-0.15, -0.1) is 0 Å². The third-order valence-corrected chi connectivity index (χ3v) is 9.66. The Hall–Kier alpha value is -4.67. The zero-order valence-electron chi connectivity index (χ0n) is 30.8. The van der Waals surface area contributed by atoms with Crippen LogP contribution in [0.25, 0.3) is 0 Å². The van der Waals surface area contributed by atoms with Crippen LogP contribution >= 0.6 is 0 Å². The van der Waals surface area contributed by atoms with E-state index in [2.05, 4.69) is 0 Å². The highest BCUT2D eigenvalue weighted by molar-refractivity contribution is 5.65. The molecule has 0 spiro atoms. The van der Waals surface area contributed by atoms with Crippen molar-refractivity contribution in [2.24, 2.45) is 0 Å². The number of carbonyl (C=O) groups is 1. The van der Waals surface area contributed by atoms with Crippen molar-refractivity contribution in [2.45, 2.75) is 88.9 Å². The van der Waals surface area contributed by atoms with Crippen LogP contribution in [0.3, 0.4) is 0 Å². The minimum absolute atomic E-state index is 0.119. The summed E-state index contributed by atoms with van der Waals surface area (Å²) in [7, 11) is 0. The molecule has 0 aliphatic heterocycles. The van der Waals surface area contributed by atoms with Crippen LogP contribution in [0.15, 0.2) is 152 Å². The molecule has 0 saturated heterocycles. The fraction of sp³-hybridized carbons (Fsp3) is 0.326. The fourth-order valence-electron chi connectivity index (χ4n) is 6.97. The van der Waals surface area contributed by atoms with E-state index >= 15 is 0 Å². The van der Waals surface area contributed by atoms with Crippen molar-refractivity contribution in [3.63, 3.8) is 0 Å². The Morgan fingerprint density at radius 3 is 1.09 bits per heavy atom. The molecule has 6 rings (SSSR count). The van der Waals surface area contributed by atoms with Gasteiger partial charge >= 0.3 is 5.97 Å². The monoisotopic (exact) mass is 730 g/mol. The molecule has 8 heteroatoms.